The van der Waals surface area contributed by atoms with Gasteiger partial charge in [0.25, 0.3) is 10.0 Å². The largest absolute Gasteiger partial charge is 0.508 e. The number of phenolic OH excluding ortho intramolecular Hbond substituents is 1. The van der Waals surface area contributed by atoms with Crippen molar-refractivity contribution in [1.29, 1.82) is 5.26 Å². The number of fused-ring (bicyclic) bond motifs is 2. The summed E-state index contributed by atoms with van der Waals surface area (Å²) in [5.41, 5.74) is 7.95. The molecule has 3 N–H and O–H groups in total. The van der Waals surface area contributed by atoms with Gasteiger partial charge in [-0.2, -0.15) is 5.26 Å². The van der Waals surface area contributed by atoms with E-state index in [2.05, 4.69) is 0 Å². The van der Waals surface area contributed by atoms with Crippen LogP contribution in [0.2, 0.25) is 0 Å². The number of rotatable bonds is 3. The van der Waals surface area contributed by atoms with Gasteiger partial charge in [-0.15, -0.1) is 0 Å². The summed E-state index contributed by atoms with van der Waals surface area (Å²) in [6.07, 6.45) is 0. The van der Waals surface area contributed by atoms with E-state index in [-0.39, 0.29) is 34.4 Å². The van der Waals surface area contributed by atoms with Gasteiger partial charge in [-0.05, 0) is 47.5 Å². The predicted octanol–water partition coefficient (Wildman–Crippen LogP) is 4.06. The first kappa shape index (κ1) is 21.6. The molecule has 2 aliphatic heterocycles. The Morgan fingerprint density at radius 2 is 1.74 bits per heavy atom. The molecule has 9 heteroatoms. The average Bonchev–Trinajstić information content (AvgIpc) is 2.82. The molecule has 3 aromatic rings. The van der Waals surface area contributed by atoms with Gasteiger partial charge in [0, 0.05) is 5.56 Å². The number of halogens is 1. The van der Waals surface area contributed by atoms with Crippen molar-refractivity contribution in [1.82, 2.24) is 0 Å². The summed E-state index contributed by atoms with van der Waals surface area (Å²) in [6.45, 7) is -0.0558. The highest BCUT2D eigenvalue weighted by Gasteiger charge is 2.47. The van der Waals surface area contributed by atoms with Gasteiger partial charge in [0.2, 0.25) is 5.88 Å². The highest BCUT2D eigenvalue weighted by molar-refractivity contribution is 7.96. The lowest BCUT2D eigenvalue weighted by Gasteiger charge is -2.38. The molecule has 34 heavy (non-hydrogen) atoms. The van der Waals surface area contributed by atoms with Crippen molar-refractivity contribution in [2.75, 3.05) is 4.31 Å². The summed E-state index contributed by atoms with van der Waals surface area (Å²) in [5, 5.41) is 19.6. The van der Waals surface area contributed by atoms with Crippen LogP contribution in [0.1, 0.15) is 22.6 Å². The number of phenols is 1. The smallest absolute Gasteiger partial charge is 0.265 e. The zero-order chi connectivity index (χ0) is 24.0. The van der Waals surface area contributed by atoms with Crippen LogP contribution < -0.4 is 10.0 Å². The van der Waals surface area contributed by atoms with E-state index in [0.717, 1.165) is 0 Å². The van der Waals surface area contributed by atoms with Crippen molar-refractivity contribution in [3.63, 3.8) is 0 Å². The number of anilines is 1. The molecule has 0 aliphatic carbocycles. The second kappa shape index (κ2) is 7.93. The van der Waals surface area contributed by atoms with Crippen molar-refractivity contribution in [2.45, 2.75) is 12.5 Å². The summed E-state index contributed by atoms with van der Waals surface area (Å²) in [7, 11) is -4.23. The second-order valence-corrected chi connectivity index (χ2v) is 9.70. The van der Waals surface area contributed by atoms with Crippen LogP contribution in [-0.4, -0.2) is 13.5 Å². The molecular formula is C25H18FN3O4S. The summed E-state index contributed by atoms with van der Waals surface area (Å²) in [6, 6.07) is 20.3. The fourth-order valence-electron chi connectivity index (χ4n) is 4.24. The number of hydrogen-bond acceptors (Lipinski definition) is 6. The Morgan fingerprint density at radius 1 is 1.06 bits per heavy atom. The van der Waals surface area contributed by atoms with Crippen LogP contribution >= 0.6 is 0 Å². The number of aromatic hydroxyl groups is 1. The Bertz CT molecular complexity index is 1500. The van der Waals surface area contributed by atoms with Crippen molar-refractivity contribution in [2.24, 2.45) is 5.73 Å². The van der Waals surface area contributed by atoms with Gasteiger partial charge in [-0.1, -0.05) is 36.4 Å². The molecule has 0 unspecified atom stereocenters. The second-order valence-electron chi connectivity index (χ2n) is 7.87. The summed E-state index contributed by atoms with van der Waals surface area (Å²) >= 11 is 0. The van der Waals surface area contributed by atoms with Gasteiger partial charge in [0.15, 0.2) is 5.76 Å². The molecule has 0 bridgehead atoms. The summed E-state index contributed by atoms with van der Waals surface area (Å²) in [5.74, 6) is -1.60. The third kappa shape index (κ3) is 3.36. The number of nitrogens with zero attached hydrogens (tertiary/aromatic N) is 2. The number of allylic oxidation sites excluding steroid dienone is 2. The lowest BCUT2D eigenvalue weighted by atomic mass is 9.88. The van der Waals surface area contributed by atoms with Gasteiger partial charge in [-0.3, -0.25) is 4.31 Å². The first-order valence-electron chi connectivity index (χ1n) is 10.3. The lowest BCUT2D eigenvalue weighted by molar-refractivity contribution is 0.357. The van der Waals surface area contributed by atoms with E-state index in [4.69, 9.17) is 10.5 Å². The van der Waals surface area contributed by atoms with Crippen LogP contribution in [0.5, 0.6) is 5.75 Å². The standard InChI is InChI=1S/C25H18FN3O4S/c26-17-9-5-15(6-10-17)14-29-21-4-2-1-3-19(21)23-24(34(29,31)32)22(20(13-27)25(28)33-23)16-7-11-18(30)12-8-16/h1-12,22,30H,14,28H2/t22-/m0/s1. The van der Waals surface area contributed by atoms with Crippen LogP contribution in [0, 0.1) is 17.1 Å². The summed E-state index contributed by atoms with van der Waals surface area (Å²) in [4.78, 5) is -0.121. The maximum atomic E-state index is 14.1. The molecular weight excluding hydrogens is 457 g/mol. The van der Waals surface area contributed by atoms with E-state index in [1.165, 1.54) is 40.7 Å². The molecule has 3 aromatic carbocycles. The van der Waals surface area contributed by atoms with Crippen molar-refractivity contribution < 1.29 is 22.7 Å². The number of sulfonamides is 1. The normalized spacial score (nSPS) is 18.6. The molecule has 2 aliphatic rings. The molecule has 0 aromatic heterocycles. The molecule has 0 spiro atoms. The quantitative estimate of drug-likeness (QED) is 0.590. The van der Waals surface area contributed by atoms with Crippen molar-refractivity contribution in [3.05, 3.63) is 112 Å². The molecule has 0 saturated carbocycles. The number of para-hydroxylation sites is 1. The Hall–Kier alpha value is -4.29. The maximum Gasteiger partial charge on any atom is 0.265 e. The first-order valence-corrected chi connectivity index (χ1v) is 11.7. The Labute approximate surface area is 195 Å². The zero-order valence-electron chi connectivity index (χ0n) is 17.6. The fourth-order valence-corrected chi connectivity index (χ4v) is 6.15. The van der Waals surface area contributed by atoms with E-state index in [1.807, 2.05) is 6.07 Å². The molecule has 1 atom stereocenters. The molecule has 2 heterocycles. The van der Waals surface area contributed by atoms with Gasteiger partial charge < -0.3 is 15.6 Å². The van der Waals surface area contributed by atoms with Crippen molar-refractivity contribution >= 4 is 21.5 Å². The van der Waals surface area contributed by atoms with Crippen LogP contribution in [-0.2, 0) is 21.3 Å². The lowest BCUT2D eigenvalue weighted by Crippen LogP contribution is -2.39. The average molecular weight is 476 g/mol. The highest BCUT2D eigenvalue weighted by Crippen LogP contribution is 2.51. The predicted molar refractivity (Wildman–Crippen MR) is 124 cm³/mol. The Morgan fingerprint density at radius 3 is 2.41 bits per heavy atom. The number of benzene rings is 3. The van der Waals surface area contributed by atoms with E-state index >= 15 is 0 Å². The summed E-state index contributed by atoms with van der Waals surface area (Å²) < 4.78 is 48.6. The molecule has 5 rings (SSSR count). The number of nitriles is 1. The van der Waals surface area contributed by atoms with Crippen LogP contribution in [0.15, 0.2) is 89.2 Å². The molecule has 0 radical (unpaired) electrons. The van der Waals surface area contributed by atoms with E-state index < -0.39 is 21.8 Å². The van der Waals surface area contributed by atoms with Crippen LogP contribution in [0.25, 0.3) is 5.76 Å². The maximum absolute atomic E-state index is 14.1. The third-order valence-corrected chi connectivity index (χ3v) is 7.71. The van der Waals surface area contributed by atoms with Gasteiger partial charge in [0.05, 0.1) is 18.2 Å². The fraction of sp³-hybridized carbons (Fsp3) is 0.0800. The van der Waals surface area contributed by atoms with Gasteiger partial charge in [-0.25, -0.2) is 12.8 Å². The molecule has 0 fully saturated rings. The van der Waals surface area contributed by atoms with E-state index in [0.29, 0.717) is 22.4 Å². The zero-order valence-corrected chi connectivity index (χ0v) is 18.5. The van der Waals surface area contributed by atoms with E-state index in [1.54, 1.807) is 36.4 Å². The minimum absolute atomic E-state index is 0.00439. The molecule has 0 amide bonds. The van der Waals surface area contributed by atoms with E-state index in [9.17, 15) is 23.2 Å². The minimum Gasteiger partial charge on any atom is -0.508 e. The van der Waals surface area contributed by atoms with Gasteiger partial charge >= 0.3 is 0 Å². The first-order chi connectivity index (χ1) is 16.3. The number of ether oxygens (including phenoxy) is 1. The monoisotopic (exact) mass is 475 g/mol. The third-order valence-electron chi connectivity index (χ3n) is 5.82. The highest BCUT2D eigenvalue weighted by atomic mass is 32.2. The molecule has 0 saturated heterocycles. The van der Waals surface area contributed by atoms with Gasteiger partial charge in [0.1, 0.15) is 28.1 Å². The Kier molecular flexibility index (Phi) is 5.03. The number of hydrogen-bond donors (Lipinski definition) is 2. The number of nitrogens with two attached hydrogens (primary N) is 1. The molecule has 170 valence electrons. The van der Waals surface area contributed by atoms with Crippen molar-refractivity contribution in [3.8, 4) is 11.8 Å². The SMILES string of the molecule is N#CC1=C(N)OC2=C([C@H]1c1ccc(O)cc1)S(=O)(=O)N(Cc1ccc(F)cc1)c1ccccc12. The Balaban J connectivity index is 1.75. The molecule has 7 nitrogen and oxygen atoms in total. The van der Waals surface area contributed by atoms with Crippen LogP contribution in [0.4, 0.5) is 10.1 Å². The topological polar surface area (TPSA) is 117 Å². The van der Waals surface area contributed by atoms with Crippen LogP contribution in [0.3, 0.4) is 0 Å². The minimum atomic E-state index is -4.23.